The van der Waals surface area contributed by atoms with Crippen LogP contribution in [0.5, 0.6) is 0 Å². The van der Waals surface area contributed by atoms with Crippen molar-refractivity contribution in [3.05, 3.63) is 35.9 Å². The molecule has 0 aliphatic carbocycles. The average molecular weight is 296 g/mol. The fraction of sp³-hybridized carbons (Fsp3) is 0.588. The number of carbonyl (C=O) groups excluding carboxylic acids is 1. The Labute approximate surface area is 129 Å². The number of likely N-dealkylation sites (tertiary alicyclic amines) is 1. The Hall–Kier alpha value is -0.860. The van der Waals surface area contributed by atoms with Gasteiger partial charge >= 0.3 is 0 Å². The number of halogens is 1. The molecule has 0 amide bonds. The summed E-state index contributed by atoms with van der Waals surface area (Å²) in [7, 11) is 0. The fourth-order valence-electron chi connectivity index (χ4n) is 2.75. The summed E-state index contributed by atoms with van der Waals surface area (Å²) in [6.45, 7) is 3.78. The second-order valence-corrected chi connectivity index (χ2v) is 5.50. The second-order valence-electron chi connectivity index (χ2n) is 5.50. The smallest absolute Gasteiger partial charge is 0.162 e. The number of carbonyl (C=O) groups is 1. The minimum absolute atomic E-state index is 0. The van der Waals surface area contributed by atoms with E-state index in [0.717, 1.165) is 12.0 Å². The van der Waals surface area contributed by atoms with Gasteiger partial charge in [0.15, 0.2) is 5.78 Å². The summed E-state index contributed by atoms with van der Waals surface area (Å²) in [5.74, 6) is 0.290. The predicted molar refractivity (Wildman–Crippen MR) is 86.8 cm³/mol. The number of ketones is 1. The molecule has 1 aliphatic rings. The van der Waals surface area contributed by atoms with E-state index in [1.54, 1.807) is 0 Å². The summed E-state index contributed by atoms with van der Waals surface area (Å²) >= 11 is 0. The molecule has 0 radical (unpaired) electrons. The van der Waals surface area contributed by atoms with E-state index in [4.69, 9.17) is 0 Å². The van der Waals surface area contributed by atoms with Gasteiger partial charge in [0.25, 0.3) is 0 Å². The highest BCUT2D eigenvalue weighted by Crippen LogP contribution is 2.11. The average Bonchev–Trinajstić information content (AvgIpc) is 2.49. The molecule has 20 heavy (non-hydrogen) atoms. The van der Waals surface area contributed by atoms with Crippen LogP contribution in [-0.2, 0) is 0 Å². The molecule has 1 aliphatic heterocycles. The number of Topliss-reactive ketones (excluding diaryl/α,β-unsaturated/α-hetero) is 1. The first-order valence-electron chi connectivity index (χ1n) is 7.67. The number of benzene rings is 1. The summed E-state index contributed by atoms with van der Waals surface area (Å²) in [5, 5.41) is 0. The topological polar surface area (TPSA) is 20.3 Å². The molecular weight excluding hydrogens is 270 g/mol. The van der Waals surface area contributed by atoms with Crippen molar-refractivity contribution in [2.45, 2.75) is 44.9 Å². The van der Waals surface area contributed by atoms with E-state index < -0.39 is 0 Å². The monoisotopic (exact) mass is 295 g/mol. The maximum absolute atomic E-state index is 11.9. The highest BCUT2D eigenvalue weighted by Gasteiger charge is 2.09. The van der Waals surface area contributed by atoms with Gasteiger partial charge in [0.05, 0.1) is 0 Å². The zero-order valence-corrected chi connectivity index (χ0v) is 13.0. The maximum atomic E-state index is 11.9. The van der Waals surface area contributed by atoms with Crippen LogP contribution in [0.3, 0.4) is 0 Å². The zero-order chi connectivity index (χ0) is 13.3. The van der Waals surface area contributed by atoms with Crippen LogP contribution < -0.4 is 0 Å². The van der Waals surface area contributed by atoms with E-state index in [0.29, 0.717) is 12.2 Å². The lowest BCUT2D eigenvalue weighted by molar-refractivity contribution is 0.0978. The standard InChI is InChI=1S/C17H25NO.ClH/c19-17(16-10-4-1-5-11-16)12-6-2-7-13-18-14-8-3-9-15-18;/h1,4-5,10-11H,2-3,6-9,12-15H2;1H. The molecule has 1 fully saturated rings. The lowest BCUT2D eigenvalue weighted by Crippen LogP contribution is -2.30. The molecule has 2 nitrogen and oxygen atoms in total. The van der Waals surface area contributed by atoms with Gasteiger partial charge in [0.2, 0.25) is 0 Å². The zero-order valence-electron chi connectivity index (χ0n) is 12.2. The van der Waals surface area contributed by atoms with Gasteiger partial charge < -0.3 is 4.90 Å². The molecule has 1 saturated heterocycles. The Balaban J connectivity index is 0.00000200. The third-order valence-corrected chi connectivity index (χ3v) is 3.92. The van der Waals surface area contributed by atoms with Crippen molar-refractivity contribution in [3.63, 3.8) is 0 Å². The minimum Gasteiger partial charge on any atom is -0.303 e. The van der Waals surface area contributed by atoms with Gasteiger partial charge in [-0.05, 0) is 45.3 Å². The molecular formula is C17H26ClNO. The highest BCUT2D eigenvalue weighted by atomic mass is 35.5. The fourth-order valence-corrected chi connectivity index (χ4v) is 2.75. The van der Waals surface area contributed by atoms with Crippen LogP contribution in [0, 0.1) is 0 Å². The van der Waals surface area contributed by atoms with Gasteiger partial charge in [-0.25, -0.2) is 0 Å². The quantitative estimate of drug-likeness (QED) is 0.551. The summed E-state index contributed by atoms with van der Waals surface area (Å²) in [6.07, 6.45) is 8.28. The second kappa shape index (κ2) is 9.95. The summed E-state index contributed by atoms with van der Waals surface area (Å²) in [4.78, 5) is 14.5. The lowest BCUT2D eigenvalue weighted by Gasteiger charge is -2.26. The largest absolute Gasteiger partial charge is 0.303 e. The Morgan fingerprint density at radius 1 is 0.950 bits per heavy atom. The van der Waals surface area contributed by atoms with Gasteiger partial charge in [0.1, 0.15) is 0 Å². The van der Waals surface area contributed by atoms with Crippen LogP contribution in [-0.4, -0.2) is 30.3 Å². The SMILES string of the molecule is Cl.O=C(CCCCCN1CCCCC1)c1ccccc1. The van der Waals surface area contributed by atoms with Gasteiger partial charge in [-0.1, -0.05) is 43.2 Å². The van der Waals surface area contributed by atoms with Gasteiger partial charge in [-0.15, -0.1) is 12.4 Å². The molecule has 0 saturated carbocycles. The van der Waals surface area contributed by atoms with Gasteiger partial charge in [-0.2, -0.15) is 0 Å². The molecule has 1 heterocycles. The molecule has 112 valence electrons. The van der Waals surface area contributed by atoms with Crippen molar-refractivity contribution < 1.29 is 4.79 Å². The van der Waals surface area contributed by atoms with E-state index in [-0.39, 0.29) is 12.4 Å². The Morgan fingerprint density at radius 3 is 2.35 bits per heavy atom. The van der Waals surface area contributed by atoms with Crippen LogP contribution in [0.25, 0.3) is 0 Å². The van der Waals surface area contributed by atoms with Crippen molar-refractivity contribution in [2.75, 3.05) is 19.6 Å². The number of unbranched alkanes of at least 4 members (excludes halogenated alkanes) is 2. The molecule has 0 spiro atoms. The van der Waals surface area contributed by atoms with Crippen molar-refractivity contribution in [3.8, 4) is 0 Å². The highest BCUT2D eigenvalue weighted by molar-refractivity contribution is 5.95. The number of hydrogen-bond acceptors (Lipinski definition) is 2. The Morgan fingerprint density at radius 2 is 1.65 bits per heavy atom. The third-order valence-electron chi connectivity index (χ3n) is 3.92. The van der Waals surface area contributed by atoms with Gasteiger partial charge in [-0.3, -0.25) is 4.79 Å². The molecule has 1 aromatic carbocycles. The first kappa shape index (κ1) is 17.2. The molecule has 0 bridgehead atoms. The lowest BCUT2D eigenvalue weighted by atomic mass is 10.0. The molecule has 3 heteroatoms. The van der Waals surface area contributed by atoms with E-state index in [9.17, 15) is 4.79 Å². The van der Waals surface area contributed by atoms with Crippen LogP contribution in [0.1, 0.15) is 55.3 Å². The minimum atomic E-state index is 0. The predicted octanol–water partition coefficient (Wildman–Crippen LogP) is 4.34. The van der Waals surface area contributed by atoms with Crippen LogP contribution in [0.4, 0.5) is 0 Å². The van der Waals surface area contributed by atoms with Crippen molar-refractivity contribution in [1.29, 1.82) is 0 Å². The van der Waals surface area contributed by atoms with Crippen LogP contribution in [0.15, 0.2) is 30.3 Å². The Bertz CT molecular complexity index is 374. The van der Waals surface area contributed by atoms with Crippen molar-refractivity contribution in [1.82, 2.24) is 4.90 Å². The van der Waals surface area contributed by atoms with Crippen molar-refractivity contribution in [2.24, 2.45) is 0 Å². The van der Waals surface area contributed by atoms with E-state index in [1.165, 1.54) is 51.7 Å². The van der Waals surface area contributed by atoms with E-state index >= 15 is 0 Å². The van der Waals surface area contributed by atoms with Crippen LogP contribution >= 0.6 is 12.4 Å². The molecule has 2 rings (SSSR count). The molecule has 0 aromatic heterocycles. The van der Waals surface area contributed by atoms with E-state index in [2.05, 4.69) is 4.90 Å². The number of rotatable bonds is 7. The molecule has 1 aromatic rings. The normalized spacial score (nSPS) is 15.6. The number of nitrogens with zero attached hydrogens (tertiary/aromatic N) is 1. The summed E-state index contributed by atoms with van der Waals surface area (Å²) in [5.41, 5.74) is 0.860. The van der Waals surface area contributed by atoms with Crippen molar-refractivity contribution >= 4 is 18.2 Å². The summed E-state index contributed by atoms with van der Waals surface area (Å²) in [6, 6.07) is 9.65. The number of piperidine rings is 1. The maximum Gasteiger partial charge on any atom is 0.162 e. The first-order valence-corrected chi connectivity index (χ1v) is 7.67. The van der Waals surface area contributed by atoms with E-state index in [1.807, 2.05) is 30.3 Å². The Kier molecular flexibility index (Phi) is 8.56. The number of hydrogen-bond donors (Lipinski definition) is 0. The van der Waals surface area contributed by atoms with Gasteiger partial charge in [0, 0.05) is 12.0 Å². The van der Waals surface area contributed by atoms with Crippen LogP contribution in [0.2, 0.25) is 0 Å². The first-order chi connectivity index (χ1) is 9.36. The summed E-state index contributed by atoms with van der Waals surface area (Å²) < 4.78 is 0. The third kappa shape index (κ3) is 6.06. The molecule has 0 N–H and O–H groups in total. The molecule has 0 unspecified atom stereocenters. The molecule has 0 atom stereocenters.